The highest BCUT2D eigenvalue weighted by atomic mass is 16.7. The molecule has 0 aliphatic carbocycles. The summed E-state index contributed by atoms with van der Waals surface area (Å²) in [6, 6.07) is 13.2. The van der Waals surface area contributed by atoms with Gasteiger partial charge >= 0.3 is 0 Å². The van der Waals surface area contributed by atoms with Crippen molar-refractivity contribution in [3.05, 3.63) is 64.1 Å². The van der Waals surface area contributed by atoms with E-state index < -0.39 is 0 Å². The molecule has 0 unspecified atom stereocenters. The monoisotopic (exact) mass is 306 g/mol. The summed E-state index contributed by atoms with van der Waals surface area (Å²) < 4.78 is 12.3. The van der Waals surface area contributed by atoms with E-state index in [9.17, 15) is 4.79 Å². The Morgan fingerprint density at radius 3 is 2.83 bits per heavy atom. The highest BCUT2D eigenvalue weighted by Gasteiger charge is 2.12. The van der Waals surface area contributed by atoms with Gasteiger partial charge in [-0.05, 0) is 35.9 Å². The molecule has 0 atom stereocenters. The van der Waals surface area contributed by atoms with Crippen molar-refractivity contribution in [2.24, 2.45) is 7.05 Å². The second kappa shape index (κ2) is 5.28. The first-order valence-corrected chi connectivity index (χ1v) is 7.26. The van der Waals surface area contributed by atoms with Crippen molar-refractivity contribution in [2.45, 2.75) is 0 Å². The number of benzene rings is 2. The van der Waals surface area contributed by atoms with E-state index in [1.807, 2.05) is 48.5 Å². The first kappa shape index (κ1) is 13.6. The quantitative estimate of drug-likeness (QED) is 0.730. The molecule has 4 rings (SSSR count). The van der Waals surface area contributed by atoms with Crippen LogP contribution in [0.2, 0.25) is 0 Å². The fourth-order valence-corrected chi connectivity index (χ4v) is 2.60. The third kappa shape index (κ3) is 2.36. The lowest BCUT2D eigenvalue weighted by molar-refractivity contribution is 0.174. The van der Waals surface area contributed by atoms with Gasteiger partial charge in [-0.25, -0.2) is 4.98 Å². The molecule has 0 spiro atoms. The molecule has 0 amide bonds. The van der Waals surface area contributed by atoms with Crippen LogP contribution in [0.3, 0.4) is 0 Å². The minimum absolute atomic E-state index is 0.124. The van der Waals surface area contributed by atoms with Crippen LogP contribution < -0.4 is 15.0 Å². The molecule has 1 aromatic heterocycles. The molecule has 0 saturated carbocycles. The van der Waals surface area contributed by atoms with Gasteiger partial charge in [0.1, 0.15) is 5.69 Å². The van der Waals surface area contributed by atoms with Crippen LogP contribution in [0.1, 0.15) is 11.3 Å². The standard InChI is InChI=1S/C18H14N2O3/c1-20-15-5-3-2-4-13(15)19-14(18(20)21)8-6-12-7-9-16-17(10-12)23-11-22-16/h2-10H,11H2,1H3/b8-6+. The van der Waals surface area contributed by atoms with Gasteiger partial charge in [-0.3, -0.25) is 4.79 Å². The van der Waals surface area contributed by atoms with Crippen molar-refractivity contribution in [1.82, 2.24) is 9.55 Å². The Kier molecular flexibility index (Phi) is 3.12. The van der Waals surface area contributed by atoms with Crippen molar-refractivity contribution >= 4 is 23.2 Å². The minimum Gasteiger partial charge on any atom is -0.454 e. The number of hydrogen-bond acceptors (Lipinski definition) is 4. The summed E-state index contributed by atoms with van der Waals surface area (Å²) in [6.07, 6.45) is 3.58. The van der Waals surface area contributed by atoms with Gasteiger partial charge in [0, 0.05) is 7.05 Å². The fraction of sp³-hybridized carbons (Fsp3) is 0.111. The van der Waals surface area contributed by atoms with Gasteiger partial charge in [0.15, 0.2) is 11.5 Å². The van der Waals surface area contributed by atoms with Gasteiger partial charge < -0.3 is 14.0 Å². The Morgan fingerprint density at radius 2 is 1.91 bits per heavy atom. The molecule has 0 fully saturated rings. The molecule has 5 nitrogen and oxygen atoms in total. The average Bonchev–Trinajstić information content (AvgIpc) is 3.04. The first-order valence-electron chi connectivity index (χ1n) is 7.26. The van der Waals surface area contributed by atoms with Crippen LogP contribution >= 0.6 is 0 Å². The number of hydrogen-bond donors (Lipinski definition) is 0. The minimum atomic E-state index is -0.124. The van der Waals surface area contributed by atoms with Gasteiger partial charge in [0.25, 0.3) is 5.56 Å². The number of ether oxygens (including phenoxy) is 2. The van der Waals surface area contributed by atoms with E-state index in [1.165, 1.54) is 0 Å². The molecule has 5 heteroatoms. The van der Waals surface area contributed by atoms with Crippen molar-refractivity contribution in [3.63, 3.8) is 0 Å². The van der Waals surface area contributed by atoms with Gasteiger partial charge in [-0.1, -0.05) is 24.3 Å². The van der Waals surface area contributed by atoms with E-state index in [-0.39, 0.29) is 12.4 Å². The van der Waals surface area contributed by atoms with Crippen LogP contribution in [0.4, 0.5) is 0 Å². The number of fused-ring (bicyclic) bond motifs is 2. The second-order valence-electron chi connectivity index (χ2n) is 5.30. The summed E-state index contributed by atoms with van der Waals surface area (Å²) in [5, 5.41) is 0. The number of aryl methyl sites for hydroxylation is 1. The zero-order valence-corrected chi connectivity index (χ0v) is 12.5. The number of para-hydroxylation sites is 2. The lowest BCUT2D eigenvalue weighted by atomic mass is 10.1. The molecule has 3 aromatic rings. The molecule has 0 N–H and O–H groups in total. The largest absolute Gasteiger partial charge is 0.454 e. The predicted octanol–water partition coefficient (Wildman–Crippen LogP) is 2.83. The Balaban J connectivity index is 1.75. The maximum absolute atomic E-state index is 12.4. The third-order valence-electron chi connectivity index (χ3n) is 3.84. The SMILES string of the molecule is Cn1c(=O)c(/C=C/c2ccc3c(c2)OCO3)nc2ccccc21. The topological polar surface area (TPSA) is 53.4 Å². The highest BCUT2D eigenvalue weighted by molar-refractivity contribution is 5.77. The normalized spacial score (nSPS) is 13.1. The predicted molar refractivity (Wildman–Crippen MR) is 88.5 cm³/mol. The van der Waals surface area contributed by atoms with Crippen LogP contribution in [0.5, 0.6) is 11.5 Å². The zero-order valence-electron chi connectivity index (χ0n) is 12.5. The summed E-state index contributed by atoms with van der Waals surface area (Å²) in [5.74, 6) is 1.45. The molecule has 2 heterocycles. The maximum Gasteiger partial charge on any atom is 0.276 e. The third-order valence-corrected chi connectivity index (χ3v) is 3.84. The van der Waals surface area contributed by atoms with E-state index in [0.29, 0.717) is 11.4 Å². The first-order chi connectivity index (χ1) is 11.2. The fourth-order valence-electron chi connectivity index (χ4n) is 2.60. The molecule has 1 aliphatic heterocycles. The molecular weight excluding hydrogens is 292 g/mol. The molecule has 0 bridgehead atoms. The van der Waals surface area contributed by atoms with Crippen molar-refractivity contribution in [3.8, 4) is 11.5 Å². The molecular formula is C18H14N2O3. The summed E-state index contributed by atoms with van der Waals surface area (Å²) >= 11 is 0. The van der Waals surface area contributed by atoms with Crippen LogP contribution in [0.15, 0.2) is 47.3 Å². The summed E-state index contributed by atoms with van der Waals surface area (Å²) in [6.45, 7) is 0.245. The number of nitrogens with zero attached hydrogens (tertiary/aromatic N) is 2. The highest BCUT2D eigenvalue weighted by Crippen LogP contribution is 2.32. The Labute approximate surface area is 132 Å². The van der Waals surface area contributed by atoms with Crippen LogP contribution in [-0.2, 0) is 7.05 Å². The van der Waals surface area contributed by atoms with E-state index in [4.69, 9.17) is 9.47 Å². The molecule has 1 aliphatic rings. The molecule has 2 aromatic carbocycles. The zero-order chi connectivity index (χ0) is 15.8. The van der Waals surface area contributed by atoms with E-state index in [1.54, 1.807) is 17.7 Å². The summed E-state index contributed by atoms with van der Waals surface area (Å²) in [5.41, 5.74) is 2.81. The van der Waals surface area contributed by atoms with Crippen molar-refractivity contribution in [1.29, 1.82) is 0 Å². The molecule has 0 saturated heterocycles. The lowest BCUT2D eigenvalue weighted by Crippen LogP contribution is -2.21. The Bertz CT molecular complexity index is 989. The van der Waals surface area contributed by atoms with Crippen LogP contribution in [0, 0.1) is 0 Å². The number of rotatable bonds is 2. The van der Waals surface area contributed by atoms with Crippen molar-refractivity contribution < 1.29 is 9.47 Å². The molecule has 114 valence electrons. The Morgan fingerprint density at radius 1 is 1.09 bits per heavy atom. The van der Waals surface area contributed by atoms with Gasteiger partial charge in [0.05, 0.1) is 11.0 Å². The van der Waals surface area contributed by atoms with Crippen LogP contribution in [-0.4, -0.2) is 16.3 Å². The van der Waals surface area contributed by atoms with E-state index in [0.717, 1.165) is 22.3 Å². The molecule has 0 radical (unpaired) electrons. The second-order valence-corrected chi connectivity index (χ2v) is 5.30. The van der Waals surface area contributed by atoms with Crippen molar-refractivity contribution in [2.75, 3.05) is 6.79 Å². The van der Waals surface area contributed by atoms with Gasteiger partial charge in [0.2, 0.25) is 6.79 Å². The van der Waals surface area contributed by atoms with Gasteiger partial charge in [-0.2, -0.15) is 0 Å². The summed E-state index contributed by atoms with van der Waals surface area (Å²) in [7, 11) is 1.75. The maximum atomic E-state index is 12.4. The number of aromatic nitrogens is 2. The average molecular weight is 306 g/mol. The van der Waals surface area contributed by atoms with Crippen LogP contribution in [0.25, 0.3) is 23.2 Å². The van der Waals surface area contributed by atoms with E-state index in [2.05, 4.69) is 4.98 Å². The molecule has 23 heavy (non-hydrogen) atoms. The lowest BCUT2D eigenvalue weighted by Gasteiger charge is -2.05. The van der Waals surface area contributed by atoms with Gasteiger partial charge in [-0.15, -0.1) is 0 Å². The van der Waals surface area contributed by atoms with E-state index >= 15 is 0 Å². The summed E-state index contributed by atoms with van der Waals surface area (Å²) in [4.78, 5) is 16.8. The Hall–Kier alpha value is -3.08. The smallest absolute Gasteiger partial charge is 0.276 e.